The summed E-state index contributed by atoms with van der Waals surface area (Å²) in [5, 5.41) is 2.18. The molecule has 0 saturated carbocycles. The molecule has 1 aromatic carbocycles. The van der Waals surface area contributed by atoms with E-state index in [2.05, 4.69) is 10.8 Å². The van der Waals surface area contributed by atoms with E-state index in [1.807, 2.05) is 24.3 Å². The summed E-state index contributed by atoms with van der Waals surface area (Å²) < 4.78 is 5.08. The molecule has 15 heavy (non-hydrogen) atoms. The van der Waals surface area contributed by atoms with E-state index in [0.717, 1.165) is 24.1 Å². The van der Waals surface area contributed by atoms with Gasteiger partial charge >= 0.3 is 0 Å². The molecule has 0 aliphatic carbocycles. The molecule has 6 heteroatoms. The van der Waals surface area contributed by atoms with Crippen LogP contribution < -0.4 is 20.9 Å². The fourth-order valence-corrected chi connectivity index (χ4v) is 3.55. The van der Waals surface area contributed by atoms with Gasteiger partial charge in [0.2, 0.25) is 0 Å². The van der Waals surface area contributed by atoms with Crippen molar-refractivity contribution in [2.45, 2.75) is 0 Å². The smallest absolute Gasteiger partial charge is 0.118 e. The van der Waals surface area contributed by atoms with E-state index in [1.54, 1.807) is 7.11 Å². The third-order valence-electron chi connectivity index (χ3n) is 1.91. The average molecular weight is 262 g/mol. The quantitative estimate of drug-likeness (QED) is 0.580. The van der Waals surface area contributed by atoms with Crippen LogP contribution in [-0.2, 0) is 24.1 Å². The Kier molecular flexibility index (Phi) is 5.09. The first kappa shape index (κ1) is 13.0. The Morgan fingerprint density at radius 1 is 1.47 bits per heavy atom. The highest BCUT2D eigenvalue weighted by Gasteiger charge is 2.03. The van der Waals surface area contributed by atoms with Gasteiger partial charge in [-0.15, -0.1) is 11.8 Å². The maximum Gasteiger partial charge on any atom is 0.118 e. The lowest BCUT2D eigenvalue weighted by atomic mass is 10.3. The molecule has 3 nitrogen and oxygen atoms in total. The highest BCUT2D eigenvalue weighted by molar-refractivity contribution is 8.57. The summed E-state index contributed by atoms with van der Waals surface area (Å²) in [7, 11) is 1.64. The van der Waals surface area contributed by atoms with E-state index in [-0.39, 0.29) is 0 Å². The minimum atomic E-state index is -2.02. The number of hydrogen-bond acceptors (Lipinski definition) is 3. The molecule has 0 aliphatic rings. The largest absolute Gasteiger partial charge is 0.727 e. The van der Waals surface area contributed by atoms with Crippen LogP contribution in [0.5, 0.6) is 5.75 Å². The molecule has 0 aromatic heterocycles. The molecule has 1 atom stereocenters. The zero-order chi connectivity index (χ0) is 11.3. The molecule has 0 amide bonds. The number of rotatable bonds is 5. The predicted octanol–water partition coefficient (Wildman–Crippen LogP) is 0.00840. The summed E-state index contributed by atoms with van der Waals surface area (Å²) in [6.07, 6.45) is 0. The zero-order valence-electron chi connectivity index (χ0n) is 8.60. The van der Waals surface area contributed by atoms with Crippen molar-refractivity contribution in [2.24, 2.45) is 0 Å². The number of nitrogens with one attached hydrogen (secondary N) is 1. The lowest BCUT2D eigenvalue weighted by molar-refractivity contribution is -0.364. The third-order valence-corrected chi connectivity index (χ3v) is 5.57. The molecule has 0 aliphatic heterocycles. The zero-order valence-corrected chi connectivity index (χ0v) is 11.1. The van der Waals surface area contributed by atoms with Crippen LogP contribution in [0.3, 0.4) is 0 Å². The van der Waals surface area contributed by atoms with Crippen molar-refractivity contribution in [3.8, 4) is 5.75 Å². The molecule has 0 spiro atoms. The van der Waals surface area contributed by atoms with E-state index in [4.69, 9.17) is 28.8 Å². The summed E-state index contributed by atoms with van der Waals surface area (Å²) in [5.74, 6) is 0.820. The van der Waals surface area contributed by atoms with Gasteiger partial charge in [-0.1, -0.05) is 17.5 Å². The highest BCUT2D eigenvalue weighted by Crippen LogP contribution is 2.36. The molecule has 0 saturated heterocycles. The topological polar surface area (TPSA) is 48.9 Å². The molecule has 0 heterocycles. The van der Waals surface area contributed by atoms with Gasteiger partial charge in [0, 0.05) is 6.54 Å². The normalized spacial score (nSPS) is 14.6. The maximum atomic E-state index is 5.40. The van der Waals surface area contributed by atoms with E-state index in [9.17, 15) is 0 Å². The van der Waals surface area contributed by atoms with Crippen LogP contribution in [0.1, 0.15) is 0 Å². The van der Waals surface area contributed by atoms with E-state index in [1.165, 1.54) is 0 Å². The van der Waals surface area contributed by atoms with Gasteiger partial charge < -0.3 is 22.7 Å². The van der Waals surface area contributed by atoms with Crippen LogP contribution in [-0.4, -0.2) is 20.2 Å². The molecule has 4 N–H and O–H groups in total. The van der Waals surface area contributed by atoms with Crippen LogP contribution in [0, 0.1) is 0 Å². The monoisotopic (exact) mass is 262 g/mol. The second kappa shape index (κ2) is 5.87. The summed E-state index contributed by atoms with van der Waals surface area (Å²) >= 11 is 10.8. The molecule has 0 radical (unpaired) electrons. The van der Waals surface area contributed by atoms with Gasteiger partial charge in [-0.25, -0.2) is 0 Å². The summed E-state index contributed by atoms with van der Waals surface area (Å²) in [4.78, 5) is 0. The lowest BCUT2D eigenvalue weighted by Gasteiger charge is -2.30. The van der Waals surface area contributed by atoms with Crippen LogP contribution in [0.2, 0.25) is 0 Å². The van der Waals surface area contributed by atoms with Crippen molar-refractivity contribution >= 4 is 34.8 Å². The Labute approximate surface area is 101 Å². The van der Waals surface area contributed by atoms with Crippen LogP contribution >= 0.6 is 5.39 Å². The van der Waals surface area contributed by atoms with Gasteiger partial charge in [0.15, 0.2) is 0 Å². The van der Waals surface area contributed by atoms with Gasteiger partial charge in [-0.05, 0) is 17.4 Å². The molecule has 1 aromatic rings. The molecule has 0 fully saturated rings. The Morgan fingerprint density at radius 2 is 2.07 bits per heavy atom. The standard InChI is InChI=1S/C9H15N2OPS2/c1-12-8-2-4-9(5-3-8)13(14,15)11-7-6-10/h2-5H,6-7,10H2,1H3,(H2,11,14,15). The first-order valence-electron chi connectivity index (χ1n) is 4.60. The van der Waals surface area contributed by atoms with Crippen LogP contribution in [0.4, 0.5) is 0 Å². The van der Waals surface area contributed by atoms with E-state index in [0.29, 0.717) is 0 Å². The summed E-state index contributed by atoms with van der Waals surface area (Å²) in [6.45, 7) is 1.57. The Hall–Kier alpha value is -0.0600. The predicted molar refractivity (Wildman–Crippen MR) is 70.0 cm³/mol. The van der Waals surface area contributed by atoms with Gasteiger partial charge in [-0.3, -0.25) is 5.09 Å². The molecule has 1 unspecified atom stereocenters. The van der Waals surface area contributed by atoms with Gasteiger partial charge in [0.05, 0.1) is 13.7 Å². The molecular weight excluding hydrogens is 247 g/mol. The fraction of sp³-hybridized carbons (Fsp3) is 0.333. The Bertz CT molecular complexity index is 356. The first-order valence-corrected chi connectivity index (χ1v) is 8.42. The molecular formula is C9H15N2OPS2. The molecule has 1 rings (SSSR count). The van der Waals surface area contributed by atoms with Crippen LogP contribution in [0.15, 0.2) is 24.3 Å². The number of hydrogen-bond donors (Lipinski definition) is 2. The second-order valence-electron chi connectivity index (χ2n) is 3.01. The minimum absolute atomic E-state index is 0.771. The summed E-state index contributed by atoms with van der Waals surface area (Å²) in [6, 6.07) is 7.63. The second-order valence-corrected chi connectivity index (χ2v) is 8.93. The van der Waals surface area contributed by atoms with Gasteiger partial charge in [0.1, 0.15) is 5.75 Å². The first-order chi connectivity index (χ1) is 7.10. The third kappa shape index (κ3) is 3.78. The Morgan fingerprint density at radius 3 is 2.53 bits per heavy atom. The SMILES string of the molecule is COc1ccc(P(=S)([S-])NCC[NH3+])cc1. The maximum absolute atomic E-state index is 5.40. The van der Waals surface area contributed by atoms with Crippen molar-refractivity contribution in [2.75, 3.05) is 20.2 Å². The van der Waals surface area contributed by atoms with Crippen molar-refractivity contribution in [3.05, 3.63) is 24.3 Å². The van der Waals surface area contributed by atoms with Crippen molar-refractivity contribution in [1.82, 2.24) is 5.09 Å². The Balaban J connectivity index is 2.80. The lowest BCUT2D eigenvalue weighted by Crippen LogP contribution is -2.54. The van der Waals surface area contributed by atoms with Crippen molar-refractivity contribution in [1.29, 1.82) is 0 Å². The van der Waals surface area contributed by atoms with Gasteiger partial charge in [-0.2, -0.15) is 0 Å². The number of methoxy groups -OCH3 is 1. The van der Waals surface area contributed by atoms with Crippen molar-refractivity contribution < 1.29 is 10.5 Å². The fourth-order valence-electron chi connectivity index (χ4n) is 1.10. The number of ether oxygens (including phenoxy) is 1. The summed E-state index contributed by atoms with van der Waals surface area (Å²) in [5.41, 5.74) is 3.75. The van der Waals surface area contributed by atoms with Crippen molar-refractivity contribution in [3.63, 3.8) is 0 Å². The molecule has 0 bridgehead atoms. The number of benzene rings is 1. The van der Waals surface area contributed by atoms with E-state index < -0.39 is 5.39 Å². The van der Waals surface area contributed by atoms with Gasteiger partial charge in [0.25, 0.3) is 0 Å². The van der Waals surface area contributed by atoms with Crippen LogP contribution in [0.25, 0.3) is 0 Å². The van der Waals surface area contributed by atoms with E-state index >= 15 is 0 Å². The average Bonchev–Trinajstić information content (AvgIpc) is 2.26. The minimum Gasteiger partial charge on any atom is -0.727 e. The molecule has 84 valence electrons. The highest BCUT2D eigenvalue weighted by atomic mass is 32.9. The number of quaternary nitrogens is 1.